The molecule has 1 N–H and O–H groups in total. The Balaban J connectivity index is 2.12. The normalized spacial score (nSPS) is 15.3. The van der Waals surface area contributed by atoms with Crippen molar-refractivity contribution in [2.45, 2.75) is 31.7 Å². The zero-order chi connectivity index (χ0) is 20.7. The lowest BCUT2D eigenvalue weighted by Gasteiger charge is -2.31. The molecule has 0 aliphatic rings. The molecule has 0 fully saturated rings. The quantitative estimate of drug-likeness (QED) is 0.529. The Bertz CT molecular complexity index is 772. The number of carbonyl (C=O) groups excluding carboxylic acids is 1. The van der Waals surface area contributed by atoms with Gasteiger partial charge < -0.3 is 10.0 Å². The average molecular weight is 388 g/mol. The van der Waals surface area contributed by atoms with E-state index in [1.165, 1.54) is 7.05 Å². The fourth-order valence-electron chi connectivity index (χ4n) is 3.11. The van der Waals surface area contributed by atoms with Gasteiger partial charge in [-0.15, -0.1) is 0 Å². The Morgan fingerprint density at radius 1 is 1.14 bits per heavy atom. The molecule has 0 aliphatic carbocycles. The summed E-state index contributed by atoms with van der Waals surface area (Å²) in [6.45, 7) is 0.966. The highest BCUT2D eigenvalue weighted by Crippen LogP contribution is 2.23. The van der Waals surface area contributed by atoms with Crippen molar-refractivity contribution in [1.29, 1.82) is 0 Å². The van der Waals surface area contributed by atoms with Crippen molar-refractivity contribution in [2.75, 3.05) is 13.6 Å². The molecule has 0 saturated heterocycles. The maximum Gasteiger partial charge on any atom is 0.257 e. The lowest BCUT2D eigenvalue weighted by Crippen LogP contribution is -2.46. The van der Waals surface area contributed by atoms with Crippen molar-refractivity contribution in [2.24, 2.45) is 5.92 Å². The monoisotopic (exact) mass is 388 g/mol. The molecule has 0 unspecified atom stereocenters. The van der Waals surface area contributed by atoms with E-state index in [9.17, 15) is 20.0 Å². The van der Waals surface area contributed by atoms with E-state index in [-0.39, 0.29) is 6.42 Å². The van der Waals surface area contributed by atoms with Crippen LogP contribution in [-0.2, 0) is 11.2 Å². The Morgan fingerprint density at radius 2 is 1.68 bits per heavy atom. The van der Waals surface area contributed by atoms with Gasteiger partial charge in [0.1, 0.15) is 0 Å². The second kappa shape index (κ2) is 9.94. The van der Waals surface area contributed by atoms with Gasteiger partial charge in [0.15, 0.2) is 6.17 Å². The van der Waals surface area contributed by atoms with Crippen LogP contribution < -0.4 is 0 Å². The highest BCUT2D eigenvalue weighted by Gasteiger charge is 2.36. The van der Waals surface area contributed by atoms with Crippen LogP contribution in [0.3, 0.4) is 0 Å². The van der Waals surface area contributed by atoms with Gasteiger partial charge in [0, 0.05) is 12.0 Å². The third-order valence-corrected chi connectivity index (χ3v) is 4.93. The van der Waals surface area contributed by atoms with Crippen LogP contribution in [0, 0.1) is 16.0 Å². The molecule has 2 aromatic carbocycles. The molecule has 0 heterocycles. The number of rotatable bonds is 9. The number of aliphatic hydroxyl groups is 1. The first-order valence-electron chi connectivity index (χ1n) is 9.10. The number of hydrogen-bond acceptors (Lipinski definition) is 4. The molecular weight excluding hydrogens is 363 g/mol. The topological polar surface area (TPSA) is 83.7 Å². The smallest absolute Gasteiger partial charge is 0.257 e. The number of alkyl halides is 1. The highest BCUT2D eigenvalue weighted by molar-refractivity contribution is 5.81. The Hall–Kier alpha value is -2.80. The molecule has 6 nitrogen and oxygen atoms in total. The predicted molar refractivity (Wildman–Crippen MR) is 104 cm³/mol. The van der Waals surface area contributed by atoms with Crippen molar-refractivity contribution in [3.05, 3.63) is 81.9 Å². The van der Waals surface area contributed by atoms with Gasteiger partial charge in [0.2, 0.25) is 6.54 Å². The lowest BCUT2D eigenvalue weighted by atomic mass is 9.93. The summed E-state index contributed by atoms with van der Waals surface area (Å²) in [4.78, 5) is 24.2. The molecule has 2 rings (SSSR count). The number of likely N-dealkylation sites (N-methyl/N-ethyl adjacent to an activating group) is 1. The third-order valence-electron chi connectivity index (χ3n) is 4.93. The van der Waals surface area contributed by atoms with Crippen LogP contribution in [0.25, 0.3) is 0 Å². The molecule has 0 saturated carbocycles. The van der Waals surface area contributed by atoms with Gasteiger partial charge in [-0.2, -0.15) is 0 Å². The Labute approximate surface area is 163 Å². The largest absolute Gasteiger partial charge is 0.386 e. The first-order valence-corrected chi connectivity index (χ1v) is 9.10. The van der Waals surface area contributed by atoms with Crippen LogP contribution >= 0.6 is 0 Å². The molecular formula is C21H25FN2O4. The third kappa shape index (κ3) is 5.60. The van der Waals surface area contributed by atoms with E-state index in [4.69, 9.17) is 0 Å². The average Bonchev–Trinajstić information content (AvgIpc) is 2.71. The molecule has 2 aromatic rings. The molecule has 7 heteroatoms. The summed E-state index contributed by atoms with van der Waals surface area (Å²) in [5.41, 5.74) is 1.33. The Kier molecular flexibility index (Phi) is 7.63. The number of nitro groups is 1. The van der Waals surface area contributed by atoms with Crippen LogP contribution in [0.1, 0.15) is 24.2 Å². The maximum absolute atomic E-state index is 15.0. The van der Waals surface area contributed by atoms with Gasteiger partial charge in [-0.05, 0) is 24.5 Å². The van der Waals surface area contributed by atoms with Crippen LogP contribution in [0.2, 0.25) is 0 Å². The van der Waals surface area contributed by atoms with E-state index in [0.717, 1.165) is 10.5 Å². The summed E-state index contributed by atoms with van der Waals surface area (Å²) in [6.07, 6.45) is -2.95. The van der Waals surface area contributed by atoms with Crippen molar-refractivity contribution in [1.82, 2.24) is 4.90 Å². The lowest BCUT2D eigenvalue weighted by molar-refractivity contribution is -0.489. The first-order chi connectivity index (χ1) is 13.3. The van der Waals surface area contributed by atoms with Crippen molar-refractivity contribution in [3.8, 4) is 0 Å². The van der Waals surface area contributed by atoms with E-state index in [2.05, 4.69) is 0 Å². The SMILES string of the molecule is C[C@H]([C@H](O)c1ccccc1)N(C)C(=O)[C@@H](F)[C@H](Cc1ccccc1)C[N+](=O)[O-]. The standard InChI is InChI=1S/C21H25FN2O4/c1-15(20(25)17-11-7-4-8-12-17)23(2)21(26)19(22)18(14-24(27)28)13-16-9-5-3-6-10-16/h3-12,15,18-20,25H,13-14H2,1-2H3/t15-,18-,19+,20+/m1/s1. The molecule has 0 radical (unpaired) electrons. The number of nitrogens with zero attached hydrogens (tertiary/aromatic N) is 2. The van der Waals surface area contributed by atoms with Gasteiger partial charge in [0.25, 0.3) is 5.91 Å². The van der Waals surface area contributed by atoms with Gasteiger partial charge in [-0.3, -0.25) is 14.9 Å². The van der Waals surface area contributed by atoms with E-state index >= 15 is 4.39 Å². The fraction of sp³-hybridized carbons (Fsp3) is 0.381. The second-order valence-corrected chi connectivity index (χ2v) is 6.91. The molecule has 1 amide bonds. The minimum atomic E-state index is -2.04. The molecule has 0 spiro atoms. The minimum Gasteiger partial charge on any atom is -0.386 e. The fourth-order valence-corrected chi connectivity index (χ4v) is 3.11. The molecule has 0 aromatic heterocycles. The zero-order valence-electron chi connectivity index (χ0n) is 15.9. The summed E-state index contributed by atoms with van der Waals surface area (Å²) in [5, 5.41) is 21.5. The summed E-state index contributed by atoms with van der Waals surface area (Å²) in [5.74, 6) is -1.96. The summed E-state index contributed by atoms with van der Waals surface area (Å²) < 4.78 is 15.0. The van der Waals surface area contributed by atoms with Crippen LogP contribution in [0.4, 0.5) is 4.39 Å². The number of halogens is 1. The van der Waals surface area contributed by atoms with Crippen LogP contribution in [0.15, 0.2) is 60.7 Å². The van der Waals surface area contributed by atoms with Gasteiger partial charge in [-0.25, -0.2) is 4.39 Å². The number of carbonyl (C=O) groups is 1. The number of hydrogen-bond donors (Lipinski definition) is 1. The predicted octanol–water partition coefficient (Wildman–Crippen LogP) is 3.04. The molecule has 150 valence electrons. The molecule has 0 aliphatic heterocycles. The maximum atomic E-state index is 15.0. The van der Waals surface area contributed by atoms with E-state index in [1.807, 2.05) is 0 Å². The van der Waals surface area contributed by atoms with Crippen LogP contribution in [0.5, 0.6) is 0 Å². The van der Waals surface area contributed by atoms with Gasteiger partial charge >= 0.3 is 0 Å². The Morgan fingerprint density at radius 3 is 2.21 bits per heavy atom. The van der Waals surface area contributed by atoms with Crippen LogP contribution in [-0.4, -0.2) is 46.6 Å². The minimum absolute atomic E-state index is 0.0815. The van der Waals surface area contributed by atoms with Crippen molar-refractivity contribution >= 4 is 5.91 Å². The summed E-state index contributed by atoms with van der Waals surface area (Å²) in [7, 11) is 1.40. The van der Waals surface area contributed by atoms with Crippen molar-refractivity contribution < 1.29 is 19.2 Å². The molecule has 0 bridgehead atoms. The molecule has 28 heavy (non-hydrogen) atoms. The van der Waals surface area contributed by atoms with E-state index in [0.29, 0.717) is 5.56 Å². The highest BCUT2D eigenvalue weighted by atomic mass is 19.1. The number of amides is 1. The van der Waals surface area contributed by atoms with Crippen molar-refractivity contribution in [3.63, 3.8) is 0 Å². The van der Waals surface area contributed by atoms with Gasteiger partial charge in [0.05, 0.1) is 18.1 Å². The molecule has 4 atom stereocenters. The first kappa shape index (κ1) is 21.5. The summed E-state index contributed by atoms with van der Waals surface area (Å²) in [6, 6.07) is 16.9. The zero-order valence-corrected chi connectivity index (χ0v) is 15.9. The number of aliphatic hydroxyl groups excluding tert-OH is 1. The van der Waals surface area contributed by atoms with E-state index in [1.54, 1.807) is 67.6 Å². The van der Waals surface area contributed by atoms with E-state index < -0.39 is 41.6 Å². The number of benzene rings is 2. The second-order valence-electron chi connectivity index (χ2n) is 6.91. The summed E-state index contributed by atoms with van der Waals surface area (Å²) >= 11 is 0. The van der Waals surface area contributed by atoms with Gasteiger partial charge in [-0.1, -0.05) is 60.7 Å².